The van der Waals surface area contributed by atoms with E-state index in [1.165, 1.54) is 63.4 Å². The van der Waals surface area contributed by atoms with Gasteiger partial charge in [0.1, 0.15) is 41.2 Å². The summed E-state index contributed by atoms with van der Waals surface area (Å²) in [6.45, 7) is 6.18. The number of nitrogens with zero attached hydrogens (tertiary/aromatic N) is 2. The van der Waals surface area contributed by atoms with Crippen LogP contribution in [0.15, 0.2) is 60.2 Å². The monoisotopic (exact) mass is 767 g/mol. The fourth-order valence-corrected chi connectivity index (χ4v) is 7.19. The number of halogens is 1. The molecule has 5 rings (SSSR count). The van der Waals surface area contributed by atoms with E-state index in [0.29, 0.717) is 23.4 Å². The Kier molecular flexibility index (Phi) is 11.9. The smallest absolute Gasteiger partial charge is 0.409 e. The molecule has 7 atom stereocenters. The maximum absolute atomic E-state index is 14.1. The highest BCUT2D eigenvalue weighted by Gasteiger charge is 2.64. The van der Waals surface area contributed by atoms with Crippen molar-refractivity contribution in [2.24, 2.45) is 5.92 Å². The van der Waals surface area contributed by atoms with E-state index < -0.39 is 72.1 Å². The van der Waals surface area contributed by atoms with Crippen LogP contribution in [0, 0.1) is 5.92 Å². The van der Waals surface area contributed by atoms with Gasteiger partial charge < -0.3 is 39.0 Å². The van der Waals surface area contributed by atoms with Crippen LogP contribution in [-0.4, -0.2) is 108 Å². The van der Waals surface area contributed by atoms with Gasteiger partial charge in [-0.1, -0.05) is 54.5 Å². The highest BCUT2D eigenvalue weighted by Crippen LogP contribution is 2.49. The van der Waals surface area contributed by atoms with Crippen molar-refractivity contribution < 1.29 is 53.1 Å². The molecular formula is C39H46ClN3O11. The number of likely N-dealkylation sites (N-methyl/N-ethyl adjacent to an activating group) is 1. The van der Waals surface area contributed by atoms with Crippen LogP contribution in [0.1, 0.15) is 66.8 Å². The van der Waals surface area contributed by atoms with E-state index in [1.54, 1.807) is 38.1 Å². The highest BCUT2D eigenvalue weighted by molar-refractivity contribution is 6.35. The van der Waals surface area contributed by atoms with Crippen LogP contribution in [0.5, 0.6) is 5.75 Å². The number of fused-ring (bicyclic) bond motifs is 5. The average molecular weight is 768 g/mol. The maximum Gasteiger partial charge on any atom is 0.409 e. The van der Waals surface area contributed by atoms with Gasteiger partial charge in [-0.15, -0.1) is 0 Å². The Balaban J connectivity index is 1.47. The molecule has 0 aromatic heterocycles. The second-order valence-electron chi connectivity index (χ2n) is 14.4. The number of benzene rings is 2. The molecule has 4 bridgehead atoms. The summed E-state index contributed by atoms with van der Waals surface area (Å²) < 4.78 is 23.2. The summed E-state index contributed by atoms with van der Waals surface area (Å²) in [5.74, 6) is -2.24. The lowest BCUT2D eigenvalue weighted by Gasteiger charge is -2.41. The van der Waals surface area contributed by atoms with Crippen LogP contribution < -0.4 is 15.0 Å². The molecule has 14 nitrogen and oxygen atoms in total. The second kappa shape index (κ2) is 15.9. The summed E-state index contributed by atoms with van der Waals surface area (Å²) in [6.07, 6.45) is -0.827. The zero-order valence-corrected chi connectivity index (χ0v) is 32.0. The number of nitrogens with one attached hydrogen (secondary N) is 1. The van der Waals surface area contributed by atoms with Crippen LogP contribution >= 0.6 is 11.6 Å². The molecule has 2 aromatic rings. The summed E-state index contributed by atoms with van der Waals surface area (Å²) in [7, 11) is 4.42. The van der Waals surface area contributed by atoms with Gasteiger partial charge in [0.2, 0.25) is 5.91 Å². The summed E-state index contributed by atoms with van der Waals surface area (Å²) in [4.78, 5) is 67.6. The number of carbonyl (C=O) groups is 5. The first kappa shape index (κ1) is 40.4. The molecule has 3 unspecified atom stereocenters. The van der Waals surface area contributed by atoms with Crippen LogP contribution in [0.4, 0.5) is 10.5 Å². The van der Waals surface area contributed by atoms with Crippen LogP contribution in [0.3, 0.4) is 0 Å². The summed E-state index contributed by atoms with van der Waals surface area (Å²) >= 11 is 6.72. The third-order valence-electron chi connectivity index (χ3n) is 10.2. The van der Waals surface area contributed by atoms with E-state index >= 15 is 0 Å². The van der Waals surface area contributed by atoms with Gasteiger partial charge in [0, 0.05) is 37.6 Å². The quantitative estimate of drug-likeness (QED) is 0.220. The minimum Gasteiger partial charge on any atom is -0.495 e. The minimum absolute atomic E-state index is 0.157. The van der Waals surface area contributed by atoms with E-state index in [-0.39, 0.29) is 29.2 Å². The zero-order valence-electron chi connectivity index (χ0n) is 31.3. The number of allylic oxidation sites excluding steroid dienone is 3. The Morgan fingerprint density at radius 2 is 1.81 bits per heavy atom. The second-order valence-corrected chi connectivity index (χ2v) is 14.7. The molecule has 3 amide bonds. The number of ether oxygens (including phenoxy) is 4. The molecule has 3 N–H and O–H groups in total. The van der Waals surface area contributed by atoms with Crippen molar-refractivity contribution >= 4 is 46.9 Å². The Bertz CT molecular complexity index is 1880. The van der Waals surface area contributed by atoms with Crippen LogP contribution in [0.25, 0.3) is 0 Å². The van der Waals surface area contributed by atoms with Crippen molar-refractivity contribution in [2.75, 3.05) is 32.6 Å². The van der Waals surface area contributed by atoms with Crippen LogP contribution in [0.2, 0.25) is 5.02 Å². The zero-order chi connectivity index (χ0) is 39.7. The lowest BCUT2D eigenvalue weighted by Crippen LogP contribution is -2.63. The minimum atomic E-state index is -2.08. The van der Waals surface area contributed by atoms with Crippen molar-refractivity contribution in [3.05, 3.63) is 81.9 Å². The fraction of sp³-hybridized carbons (Fsp3) is 0.462. The number of esters is 1. The summed E-state index contributed by atoms with van der Waals surface area (Å²) in [5, 5.41) is 24.9. The van der Waals surface area contributed by atoms with E-state index in [0.717, 1.165) is 16.0 Å². The molecule has 290 valence electrons. The Morgan fingerprint density at radius 3 is 2.46 bits per heavy atom. The normalized spacial score (nSPS) is 30.1. The number of methoxy groups -OCH3 is 1. The molecule has 2 saturated heterocycles. The van der Waals surface area contributed by atoms with Gasteiger partial charge in [-0.05, 0) is 57.0 Å². The number of Topliss-reactive ketones (excluding diaryl/α,β-unsaturated/α-hetero) is 1. The Morgan fingerprint density at radius 1 is 1.15 bits per heavy atom. The highest BCUT2D eigenvalue weighted by atomic mass is 35.5. The third-order valence-corrected chi connectivity index (χ3v) is 10.6. The van der Waals surface area contributed by atoms with Gasteiger partial charge in [-0.2, -0.15) is 0 Å². The van der Waals surface area contributed by atoms with Crippen molar-refractivity contribution in [3.63, 3.8) is 0 Å². The molecule has 0 radical (unpaired) electrons. The summed E-state index contributed by atoms with van der Waals surface area (Å²) in [6, 6.07) is 9.51. The summed E-state index contributed by atoms with van der Waals surface area (Å²) in [5.41, 5.74) is -0.721. The number of rotatable bonds is 6. The predicted molar refractivity (Wildman–Crippen MR) is 197 cm³/mol. The molecule has 2 fully saturated rings. The van der Waals surface area contributed by atoms with E-state index in [4.69, 9.17) is 30.5 Å². The first-order valence-corrected chi connectivity index (χ1v) is 17.8. The van der Waals surface area contributed by atoms with Crippen molar-refractivity contribution in [1.82, 2.24) is 10.2 Å². The number of hydrogen-bond acceptors (Lipinski definition) is 11. The molecule has 3 aliphatic rings. The lowest BCUT2D eigenvalue weighted by molar-refractivity contribution is -0.154. The molecule has 0 spiro atoms. The fourth-order valence-electron chi connectivity index (χ4n) is 6.87. The number of aliphatic hydroxyl groups is 2. The molecule has 3 aliphatic heterocycles. The number of epoxide rings is 1. The van der Waals surface area contributed by atoms with Crippen molar-refractivity contribution in [1.29, 1.82) is 0 Å². The molecular weight excluding hydrogens is 722 g/mol. The third kappa shape index (κ3) is 8.62. The number of alkyl carbamates (subject to hydrolysis) is 1. The molecule has 2 aromatic carbocycles. The van der Waals surface area contributed by atoms with Gasteiger partial charge in [0.05, 0.1) is 25.3 Å². The molecule has 15 heteroatoms. The van der Waals surface area contributed by atoms with Crippen molar-refractivity contribution in [2.45, 2.75) is 82.7 Å². The maximum atomic E-state index is 14.1. The van der Waals surface area contributed by atoms with Gasteiger partial charge >= 0.3 is 12.1 Å². The van der Waals surface area contributed by atoms with Crippen LogP contribution in [-0.2, 0) is 30.2 Å². The predicted octanol–water partition coefficient (Wildman–Crippen LogP) is 3.99. The molecule has 0 aliphatic carbocycles. The molecule has 0 saturated carbocycles. The lowest BCUT2D eigenvalue weighted by atomic mass is 9.83. The van der Waals surface area contributed by atoms with E-state index in [9.17, 15) is 34.2 Å². The first-order valence-electron chi connectivity index (χ1n) is 17.5. The number of aliphatic hydroxyl groups excluding tert-OH is 1. The molecule has 54 heavy (non-hydrogen) atoms. The Hall–Kier alpha value is -4.76. The average Bonchev–Trinajstić information content (AvgIpc) is 3.82. The van der Waals surface area contributed by atoms with Gasteiger partial charge in [-0.25, -0.2) is 4.79 Å². The van der Waals surface area contributed by atoms with Gasteiger partial charge in [0.15, 0.2) is 11.5 Å². The Labute approximate surface area is 318 Å². The number of anilines is 1. The number of carbonyl (C=O) groups excluding carboxylic acids is 5. The topological polar surface area (TPSA) is 185 Å². The van der Waals surface area contributed by atoms with E-state index in [1.807, 2.05) is 6.92 Å². The molecule has 3 heterocycles. The van der Waals surface area contributed by atoms with Gasteiger partial charge in [0.25, 0.3) is 5.91 Å². The van der Waals surface area contributed by atoms with Gasteiger partial charge in [-0.3, -0.25) is 24.5 Å². The van der Waals surface area contributed by atoms with Crippen molar-refractivity contribution in [3.8, 4) is 5.75 Å². The first-order chi connectivity index (χ1) is 25.4. The number of amides is 3. The van der Waals surface area contributed by atoms with E-state index in [2.05, 4.69) is 5.32 Å². The number of ketones is 1. The SMILES string of the molecule is COc1cc2cc(c1Cl)N(C)C(=O)C[C@H](OC(=O)CN(C)C(=O)c1ccc(C(C)=O)cc1)C1(C)OC1C(C)[C@@H]1C[C@@](O)(NC(=O)O1)[C@H](O)/C=C/C=C(\C)C2. The standard InChI is InChI=1S/C39H46ClN3O11/c1-21-9-8-10-30(45)39(50)19-29(52-37(49)41-39)22(2)35-38(4,54-35)31(18-32(46)43(6)27-16-24(15-21)17-28(51-7)34(27)40)53-33(47)20-42(5)36(48)26-13-11-25(12-14-26)23(3)44/h8-14,16-17,22,29-31,35,45,50H,15,18-20H2,1-7H3,(H,41,49)/b10-8+,21-9+/t22?,29-,30+,31-,35?,38?,39-/m0/s1. The largest absolute Gasteiger partial charge is 0.495 e. The number of hydrogen-bond donors (Lipinski definition) is 3.